The van der Waals surface area contributed by atoms with Gasteiger partial charge in [-0.1, -0.05) is 48.0 Å². The third kappa shape index (κ3) is 7.07. The second-order valence-corrected chi connectivity index (χ2v) is 6.66. The van der Waals surface area contributed by atoms with Crippen LogP contribution in [0.15, 0.2) is 28.7 Å². The summed E-state index contributed by atoms with van der Waals surface area (Å²) >= 11 is 3.44. The smallest absolute Gasteiger partial charge is 0.224 e. The van der Waals surface area contributed by atoms with Gasteiger partial charge in [0.2, 0.25) is 11.8 Å². The molecule has 0 aliphatic heterocycles. The highest BCUT2D eigenvalue weighted by molar-refractivity contribution is 9.10. The van der Waals surface area contributed by atoms with Gasteiger partial charge in [-0.3, -0.25) is 9.59 Å². The zero-order valence-corrected chi connectivity index (χ0v) is 15.1. The molecule has 1 aromatic carbocycles. The molecule has 22 heavy (non-hydrogen) atoms. The second-order valence-electron chi connectivity index (χ2n) is 5.81. The van der Waals surface area contributed by atoms with Crippen LogP contribution in [0.4, 0.5) is 0 Å². The molecule has 0 atom stereocenters. The predicted molar refractivity (Wildman–Crippen MR) is 92.6 cm³/mol. The number of benzene rings is 1. The van der Waals surface area contributed by atoms with Gasteiger partial charge >= 0.3 is 0 Å². The Hall–Kier alpha value is -1.36. The van der Waals surface area contributed by atoms with E-state index < -0.39 is 0 Å². The van der Waals surface area contributed by atoms with E-state index in [9.17, 15) is 9.59 Å². The van der Waals surface area contributed by atoms with E-state index in [1.54, 1.807) is 11.8 Å². The largest absolute Gasteiger partial charge is 0.354 e. The summed E-state index contributed by atoms with van der Waals surface area (Å²) in [7, 11) is 0. The fourth-order valence-corrected chi connectivity index (χ4v) is 2.47. The van der Waals surface area contributed by atoms with Gasteiger partial charge in [0.1, 0.15) is 0 Å². The number of hydrogen-bond acceptors (Lipinski definition) is 2. The second kappa shape index (κ2) is 9.62. The summed E-state index contributed by atoms with van der Waals surface area (Å²) in [5, 5.41) is 2.88. The Kier molecular flexibility index (Phi) is 8.17. The number of nitrogens with zero attached hydrogens (tertiary/aromatic N) is 1. The molecule has 1 aromatic rings. The fraction of sp³-hybridized carbons (Fsp3) is 0.529. The number of nitrogens with one attached hydrogen (secondary N) is 1. The van der Waals surface area contributed by atoms with Crippen molar-refractivity contribution in [3.05, 3.63) is 34.3 Å². The minimum Gasteiger partial charge on any atom is -0.354 e. The van der Waals surface area contributed by atoms with Crippen molar-refractivity contribution in [3.63, 3.8) is 0 Å². The van der Waals surface area contributed by atoms with E-state index in [4.69, 9.17) is 0 Å². The van der Waals surface area contributed by atoms with Gasteiger partial charge in [-0.15, -0.1) is 0 Å². The maximum absolute atomic E-state index is 11.9. The van der Waals surface area contributed by atoms with Crippen LogP contribution in [0.1, 0.15) is 32.8 Å². The molecule has 4 nitrogen and oxygen atoms in total. The van der Waals surface area contributed by atoms with Gasteiger partial charge in [-0.25, -0.2) is 0 Å². The summed E-state index contributed by atoms with van der Waals surface area (Å²) in [6, 6.07) is 7.68. The third-order valence-electron chi connectivity index (χ3n) is 3.43. The van der Waals surface area contributed by atoms with Gasteiger partial charge in [-0.05, 0) is 24.0 Å². The fourth-order valence-electron chi connectivity index (χ4n) is 2.05. The Morgan fingerprint density at radius 1 is 1.23 bits per heavy atom. The molecular weight excluding hydrogens is 344 g/mol. The van der Waals surface area contributed by atoms with Gasteiger partial charge in [0.05, 0.1) is 6.42 Å². The highest BCUT2D eigenvalue weighted by Crippen LogP contribution is 2.16. The summed E-state index contributed by atoms with van der Waals surface area (Å²) in [6.45, 7) is 7.64. The molecule has 0 radical (unpaired) electrons. The van der Waals surface area contributed by atoms with Crippen molar-refractivity contribution in [2.24, 2.45) is 5.92 Å². The molecule has 0 heterocycles. The van der Waals surface area contributed by atoms with Gasteiger partial charge in [0.15, 0.2) is 0 Å². The van der Waals surface area contributed by atoms with Gasteiger partial charge < -0.3 is 10.2 Å². The van der Waals surface area contributed by atoms with Crippen LogP contribution in [0.25, 0.3) is 0 Å². The Morgan fingerprint density at radius 3 is 2.50 bits per heavy atom. The van der Waals surface area contributed by atoms with Crippen LogP contribution >= 0.6 is 15.9 Å². The van der Waals surface area contributed by atoms with Crippen molar-refractivity contribution >= 4 is 27.7 Å². The first-order valence-corrected chi connectivity index (χ1v) is 8.45. The molecule has 0 aliphatic carbocycles. The topological polar surface area (TPSA) is 49.4 Å². The highest BCUT2D eigenvalue weighted by atomic mass is 79.9. The monoisotopic (exact) mass is 368 g/mol. The lowest BCUT2D eigenvalue weighted by Crippen LogP contribution is -2.38. The van der Waals surface area contributed by atoms with Crippen LogP contribution in [-0.2, 0) is 16.0 Å². The summed E-state index contributed by atoms with van der Waals surface area (Å²) in [4.78, 5) is 25.3. The third-order valence-corrected chi connectivity index (χ3v) is 4.21. The minimum atomic E-state index is -0.0285. The molecule has 5 heteroatoms. The van der Waals surface area contributed by atoms with Crippen molar-refractivity contribution < 1.29 is 9.59 Å². The maximum Gasteiger partial charge on any atom is 0.224 e. The number of halogens is 1. The first-order valence-electron chi connectivity index (χ1n) is 7.65. The SMILES string of the molecule is CC(=O)N(CCNC(=O)Cc1ccccc1Br)CCC(C)C. The average molecular weight is 369 g/mol. The van der Waals surface area contributed by atoms with E-state index in [2.05, 4.69) is 35.1 Å². The number of amides is 2. The van der Waals surface area contributed by atoms with Crippen LogP contribution in [0.2, 0.25) is 0 Å². The lowest BCUT2D eigenvalue weighted by molar-refractivity contribution is -0.129. The summed E-state index contributed by atoms with van der Waals surface area (Å²) in [6.07, 6.45) is 1.32. The standard InChI is InChI=1S/C17H25BrN2O2/c1-13(2)8-10-20(14(3)21)11-9-19-17(22)12-15-6-4-5-7-16(15)18/h4-7,13H,8-12H2,1-3H3,(H,19,22). The van der Waals surface area contributed by atoms with Crippen LogP contribution in [0.3, 0.4) is 0 Å². The van der Waals surface area contributed by atoms with Crippen LogP contribution in [0.5, 0.6) is 0 Å². The van der Waals surface area contributed by atoms with Gasteiger partial charge in [0.25, 0.3) is 0 Å². The normalized spacial score (nSPS) is 10.6. The van der Waals surface area contributed by atoms with Crippen LogP contribution < -0.4 is 5.32 Å². The molecule has 122 valence electrons. The molecule has 0 bridgehead atoms. The van der Waals surface area contributed by atoms with Crippen LogP contribution in [-0.4, -0.2) is 36.3 Å². The minimum absolute atomic E-state index is 0.0285. The molecule has 0 spiro atoms. The highest BCUT2D eigenvalue weighted by Gasteiger charge is 2.10. The van der Waals surface area contributed by atoms with E-state index in [1.807, 2.05) is 24.3 Å². The van der Waals surface area contributed by atoms with Crippen molar-refractivity contribution in [2.45, 2.75) is 33.6 Å². The number of rotatable bonds is 8. The maximum atomic E-state index is 11.9. The van der Waals surface area contributed by atoms with E-state index in [-0.39, 0.29) is 11.8 Å². The van der Waals surface area contributed by atoms with E-state index in [0.717, 1.165) is 23.0 Å². The van der Waals surface area contributed by atoms with Gasteiger partial charge in [-0.2, -0.15) is 0 Å². The van der Waals surface area contributed by atoms with E-state index in [0.29, 0.717) is 25.4 Å². The average Bonchev–Trinajstić information content (AvgIpc) is 2.44. The molecule has 1 rings (SSSR count). The lowest BCUT2D eigenvalue weighted by atomic mass is 10.1. The zero-order valence-electron chi connectivity index (χ0n) is 13.6. The number of hydrogen-bond donors (Lipinski definition) is 1. The molecule has 0 aromatic heterocycles. The van der Waals surface area contributed by atoms with Crippen molar-refractivity contribution in [3.8, 4) is 0 Å². The van der Waals surface area contributed by atoms with Crippen molar-refractivity contribution in [1.82, 2.24) is 10.2 Å². The van der Waals surface area contributed by atoms with Crippen molar-refractivity contribution in [2.75, 3.05) is 19.6 Å². The number of carbonyl (C=O) groups is 2. The molecular formula is C17H25BrN2O2. The lowest BCUT2D eigenvalue weighted by Gasteiger charge is -2.22. The van der Waals surface area contributed by atoms with E-state index >= 15 is 0 Å². The molecule has 0 unspecified atom stereocenters. The molecule has 2 amide bonds. The Balaban J connectivity index is 2.36. The first-order chi connectivity index (χ1) is 10.4. The Labute approximate surface area is 141 Å². The summed E-state index contributed by atoms with van der Waals surface area (Å²) in [5.41, 5.74) is 0.961. The predicted octanol–water partition coefficient (Wildman–Crippen LogP) is 3.00. The quantitative estimate of drug-likeness (QED) is 0.766. The molecule has 0 saturated carbocycles. The first kappa shape index (κ1) is 18.7. The van der Waals surface area contributed by atoms with Crippen LogP contribution in [0, 0.1) is 5.92 Å². The molecule has 0 fully saturated rings. The summed E-state index contributed by atoms with van der Waals surface area (Å²) in [5.74, 6) is 0.590. The van der Waals surface area contributed by atoms with Gasteiger partial charge in [0, 0.05) is 31.0 Å². The number of carbonyl (C=O) groups excluding carboxylic acids is 2. The zero-order chi connectivity index (χ0) is 16.5. The Morgan fingerprint density at radius 2 is 1.91 bits per heavy atom. The summed E-state index contributed by atoms with van der Waals surface area (Å²) < 4.78 is 0.937. The Bertz CT molecular complexity index is 503. The molecule has 0 aliphatic rings. The molecule has 1 N–H and O–H groups in total. The molecule has 0 saturated heterocycles. The van der Waals surface area contributed by atoms with E-state index in [1.165, 1.54) is 0 Å². The van der Waals surface area contributed by atoms with Crippen molar-refractivity contribution in [1.29, 1.82) is 0 Å².